The molecule has 3 rings (SSSR count). The summed E-state index contributed by atoms with van der Waals surface area (Å²) < 4.78 is 0. The number of nitrogens with one attached hydrogen (secondary N) is 1. The highest BCUT2D eigenvalue weighted by atomic mass is 32.1. The third-order valence-corrected chi connectivity index (χ3v) is 4.96. The molecule has 0 radical (unpaired) electrons. The van der Waals surface area contributed by atoms with Crippen LogP contribution in [-0.4, -0.2) is 19.1 Å². The van der Waals surface area contributed by atoms with E-state index < -0.39 is 0 Å². The van der Waals surface area contributed by atoms with Gasteiger partial charge < -0.3 is 10.2 Å². The van der Waals surface area contributed by atoms with Gasteiger partial charge in [0.1, 0.15) is 0 Å². The lowest BCUT2D eigenvalue weighted by atomic mass is 9.87. The van der Waals surface area contributed by atoms with Crippen LogP contribution in [0.1, 0.15) is 43.7 Å². The second-order valence-electron chi connectivity index (χ2n) is 5.98. The molecule has 1 aromatic carbocycles. The normalized spacial score (nSPS) is 15.9. The minimum absolute atomic E-state index is 0.682. The standard InChI is InChI=1S/C17H23N3S/c1-20(2)15-10-8-14(9-11-15)18-17-19-16(12-21-17)13-6-4-3-5-7-13/h8-13H,3-7H2,1-2H3,(H,18,19). The van der Waals surface area contributed by atoms with Crippen LogP contribution in [0.15, 0.2) is 29.6 Å². The Morgan fingerprint density at radius 3 is 2.48 bits per heavy atom. The Morgan fingerprint density at radius 1 is 1.10 bits per heavy atom. The van der Waals surface area contributed by atoms with E-state index >= 15 is 0 Å². The predicted octanol–water partition coefficient (Wildman–Crippen LogP) is 5.00. The fourth-order valence-electron chi connectivity index (χ4n) is 2.90. The van der Waals surface area contributed by atoms with E-state index in [4.69, 9.17) is 4.98 Å². The Labute approximate surface area is 131 Å². The SMILES string of the molecule is CN(C)c1ccc(Nc2nc(C3CCCCC3)cs2)cc1. The van der Waals surface area contributed by atoms with Gasteiger partial charge in [-0.05, 0) is 37.1 Å². The van der Waals surface area contributed by atoms with Gasteiger partial charge in [0, 0.05) is 36.8 Å². The smallest absolute Gasteiger partial charge is 0.187 e. The van der Waals surface area contributed by atoms with Crippen molar-refractivity contribution in [2.75, 3.05) is 24.3 Å². The van der Waals surface area contributed by atoms with Crippen molar-refractivity contribution in [2.45, 2.75) is 38.0 Å². The lowest BCUT2D eigenvalue weighted by Gasteiger charge is -2.19. The van der Waals surface area contributed by atoms with Crippen molar-refractivity contribution in [3.63, 3.8) is 0 Å². The van der Waals surface area contributed by atoms with E-state index in [1.807, 2.05) is 0 Å². The molecular weight excluding hydrogens is 278 g/mol. The van der Waals surface area contributed by atoms with Crippen LogP contribution in [0, 0.1) is 0 Å². The van der Waals surface area contributed by atoms with Gasteiger partial charge in [-0.3, -0.25) is 0 Å². The van der Waals surface area contributed by atoms with Gasteiger partial charge in [0.25, 0.3) is 0 Å². The Morgan fingerprint density at radius 2 is 1.81 bits per heavy atom. The van der Waals surface area contributed by atoms with Crippen molar-refractivity contribution >= 4 is 27.8 Å². The lowest BCUT2D eigenvalue weighted by Crippen LogP contribution is -2.08. The number of aromatic nitrogens is 1. The van der Waals surface area contributed by atoms with E-state index in [0.29, 0.717) is 5.92 Å². The number of rotatable bonds is 4. The lowest BCUT2D eigenvalue weighted by molar-refractivity contribution is 0.438. The molecule has 1 heterocycles. The molecule has 1 saturated carbocycles. The van der Waals surface area contributed by atoms with E-state index in [1.165, 1.54) is 43.5 Å². The zero-order valence-corrected chi connectivity index (χ0v) is 13.6. The van der Waals surface area contributed by atoms with Gasteiger partial charge in [-0.1, -0.05) is 19.3 Å². The Balaban J connectivity index is 1.66. The predicted molar refractivity (Wildman–Crippen MR) is 92.0 cm³/mol. The number of nitrogens with zero attached hydrogens (tertiary/aromatic N) is 2. The third kappa shape index (κ3) is 3.56. The van der Waals surface area contributed by atoms with Gasteiger partial charge in [-0.2, -0.15) is 0 Å². The highest BCUT2D eigenvalue weighted by molar-refractivity contribution is 7.13. The molecule has 2 aromatic rings. The van der Waals surface area contributed by atoms with E-state index in [2.05, 4.69) is 54.0 Å². The molecule has 1 aliphatic carbocycles. The molecule has 0 bridgehead atoms. The molecule has 1 fully saturated rings. The van der Waals surface area contributed by atoms with Crippen LogP contribution in [0.2, 0.25) is 0 Å². The average Bonchev–Trinajstić information content (AvgIpc) is 2.97. The molecule has 0 spiro atoms. The van der Waals surface area contributed by atoms with Crippen molar-refractivity contribution < 1.29 is 0 Å². The Kier molecular flexibility index (Phi) is 4.44. The second kappa shape index (κ2) is 6.48. The summed E-state index contributed by atoms with van der Waals surface area (Å²) in [7, 11) is 4.11. The van der Waals surface area contributed by atoms with Gasteiger partial charge in [0.05, 0.1) is 5.69 Å². The molecular formula is C17H23N3S. The van der Waals surface area contributed by atoms with Gasteiger partial charge in [0.15, 0.2) is 5.13 Å². The largest absolute Gasteiger partial charge is 0.378 e. The molecule has 1 N–H and O–H groups in total. The van der Waals surface area contributed by atoms with Gasteiger partial charge in [-0.15, -0.1) is 11.3 Å². The average molecular weight is 301 g/mol. The molecule has 3 nitrogen and oxygen atoms in total. The van der Waals surface area contributed by atoms with Crippen molar-refractivity contribution in [2.24, 2.45) is 0 Å². The zero-order chi connectivity index (χ0) is 14.7. The molecule has 1 aromatic heterocycles. The third-order valence-electron chi connectivity index (χ3n) is 4.18. The molecule has 0 atom stereocenters. The summed E-state index contributed by atoms with van der Waals surface area (Å²) in [6, 6.07) is 8.46. The van der Waals surface area contributed by atoms with Gasteiger partial charge >= 0.3 is 0 Å². The topological polar surface area (TPSA) is 28.2 Å². The maximum atomic E-state index is 4.78. The van der Waals surface area contributed by atoms with Crippen molar-refractivity contribution in [1.29, 1.82) is 0 Å². The Hall–Kier alpha value is -1.55. The second-order valence-corrected chi connectivity index (χ2v) is 6.84. The molecule has 1 aliphatic rings. The van der Waals surface area contributed by atoms with Crippen LogP contribution >= 0.6 is 11.3 Å². The van der Waals surface area contributed by atoms with E-state index in [9.17, 15) is 0 Å². The maximum Gasteiger partial charge on any atom is 0.187 e. The summed E-state index contributed by atoms with van der Waals surface area (Å²) in [5.41, 5.74) is 3.60. The van der Waals surface area contributed by atoms with Crippen LogP contribution in [0.25, 0.3) is 0 Å². The van der Waals surface area contributed by atoms with Crippen LogP contribution < -0.4 is 10.2 Å². The fourth-order valence-corrected chi connectivity index (χ4v) is 3.71. The van der Waals surface area contributed by atoms with Crippen LogP contribution in [0.5, 0.6) is 0 Å². The monoisotopic (exact) mass is 301 g/mol. The highest BCUT2D eigenvalue weighted by Gasteiger charge is 2.18. The first kappa shape index (κ1) is 14.4. The quantitative estimate of drug-likeness (QED) is 0.861. The minimum atomic E-state index is 0.682. The number of thiazole rings is 1. The zero-order valence-electron chi connectivity index (χ0n) is 12.8. The molecule has 112 valence electrons. The molecule has 0 saturated heterocycles. The number of hydrogen-bond acceptors (Lipinski definition) is 4. The molecule has 21 heavy (non-hydrogen) atoms. The van der Waals surface area contributed by atoms with Crippen LogP contribution in [0.4, 0.5) is 16.5 Å². The molecule has 0 aliphatic heterocycles. The molecule has 4 heteroatoms. The summed E-state index contributed by atoms with van der Waals surface area (Å²) in [4.78, 5) is 6.89. The van der Waals surface area contributed by atoms with Gasteiger partial charge in [0.2, 0.25) is 0 Å². The van der Waals surface area contributed by atoms with Crippen molar-refractivity contribution in [3.05, 3.63) is 35.3 Å². The van der Waals surface area contributed by atoms with E-state index in [-0.39, 0.29) is 0 Å². The van der Waals surface area contributed by atoms with E-state index in [0.717, 1.165) is 10.8 Å². The molecule has 0 unspecified atom stereocenters. The first-order chi connectivity index (χ1) is 10.2. The maximum absolute atomic E-state index is 4.78. The fraction of sp³-hybridized carbons (Fsp3) is 0.471. The summed E-state index contributed by atoms with van der Waals surface area (Å²) >= 11 is 1.72. The first-order valence-electron chi connectivity index (χ1n) is 7.72. The summed E-state index contributed by atoms with van der Waals surface area (Å²) in [5.74, 6) is 0.682. The summed E-state index contributed by atoms with van der Waals surface area (Å²) in [6.07, 6.45) is 6.72. The Bertz CT molecular complexity index is 568. The van der Waals surface area contributed by atoms with E-state index in [1.54, 1.807) is 11.3 Å². The number of benzene rings is 1. The van der Waals surface area contributed by atoms with Crippen molar-refractivity contribution in [3.8, 4) is 0 Å². The first-order valence-corrected chi connectivity index (χ1v) is 8.60. The summed E-state index contributed by atoms with van der Waals surface area (Å²) in [5, 5.41) is 6.65. The molecule has 0 amide bonds. The van der Waals surface area contributed by atoms with Gasteiger partial charge in [-0.25, -0.2) is 4.98 Å². The van der Waals surface area contributed by atoms with Crippen molar-refractivity contribution in [1.82, 2.24) is 4.98 Å². The van der Waals surface area contributed by atoms with Crippen LogP contribution in [-0.2, 0) is 0 Å². The number of anilines is 3. The van der Waals surface area contributed by atoms with Crippen LogP contribution in [0.3, 0.4) is 0 Å². The highest BCUT2D eigenvalue weighted by Crippen LogP contribution is 2.34. The minimum Gasteiger partial charge on any atom is -0.378 e. The number of hydrogen-bond donors (Lipinski definition) is 1. The summed E-state index contributed by atoms with van der Waals surface area (Å²) in [6.45, 7) is 0.